The molecule has 7 rings (SSSR count). The maximum Gasteiger partial charge on any atom is 0.251 e. The highest BCUT2D eigenvalue weighted by molar-refractivity contribution is 6.31. The van der Waals surface area contributed by atoms with Crippen molar-refractivity contribution in [3.63, 3.8) is 0 Å². The number of tetrazole rings is 1. The summed E-state index contributed by atoms with van der Waals surface area (Å²) < 4.78 is 32.8. The Balaban J connectivity index is 1.24. The highest BCUT2D eigenvalue weighted by atomic mass is 35.5. The molecule has 1 fully saturated rings. The van der Waals surface area contributed by atoms with Gasteiger partial charge in [-0.15, -0.1) is 5.10 Å². The average Bonchev–Trinajstić information content (AvgIpc) is 3.48. The number of aromatic nitrogens is 7. The highest BCUT2D eigenvalue weighted by Gasteiger charge is 2.27. The molecule has 3 heterocycles. The van der Waals surface area contributed by atoms with Crippen molar-refractivity contribution in [1.82, 2.24) is 35.3 Å². The summed E-state index contributed by atoms with van der Waals surface area (Å²) in [5, 5.41) is 32.3. The third-order valence-corrected chi connectivity index (χ3v) is 8.19. The maximum absolute atomic E-state index is 15.4. The first-order valence-corrected chi connectivity index (χ1v) is 14.9. The van der Waals surface area contributed by atoms with Crippen molar-refractivity contribution < 1.29 is 18.3 Å². The number of halogens is 3. The zero-order chi connectivity index (χ0) is 31.8. The van der Waals surface area contributed by atoms with Crippen LogP contribution >= 0.6 is 11.6 Å². The summed E-state index contributed by atoms with van der Waals surface area (Å²) in [6, 6.07) is 19.1. The normalized spacial score (nSPS) is 13.5. The van der Waals surface area contributed by atoms with Crippen molar-refractivity contribution in [2.45, 2.75) is 31.3 Å². The Morgan fingerprint density at radius 3 is 2.46 bits per heavy atom. The van der Waals surface area contributed by atoms with Crippen LogP contribution in [0, 0.1) is 16.8 Å². The maximum atomic E-state index is 15.4. The molecule has 1 amide bonds. The van der Waals surface area contributed by atoms with Crippen LogP contribution in [0.5, 0.6) is 0 Å². The fourth-order valence-corrected chi connectivity index (χ4v) is 5.48. The number of pyridine rings is 1. The van der Waals surface area contributed by atoms with E-state index in [-0.39, 0.29) is 33.9 Å². The second-order valence-electron chi connectivity index (χ2n) is 11.1. The Bertz CT molecular complexity index is 2030. The summed E-state index contributed by atoms with van der Waals surface area (Å²) in [5.41, 5.74) is 3.91. The van der Waals surface area contributed by atoms with E-state index in [2.05, 4.69) is 25.9 Å². The van der Waals surface area contributed by atoms with Crippen LogP contribution in [-0.4, -0.2) is 41.9 Å². The molecule has 230 valence electrons. The lowest BCUT2D eigenvalue weighted by Crippen LogP contribution is -2.36. The summed E-state index contributed by atoms with van der Waals surface area (Å²) in [5.74, 6) is -1.20. The third kappa shape index (κ3) is 5.94. The van der Waals surface area contributed by atoms with E-state index >= 15 is 4.39 Å². The first-order valence-electron chi connectivity index (χ1n) is 14.5. The van der Waals surface area contributed by atoms with E-state index in [1.54, 1.807) is 53.3 Å². The van der Waals surface area contributed by atoms with E-state index < -0.39 is 11.9 Å². The summed E-state index contributed by atoms with van der Waals surface area (Å²) in [7, 11) is 0. The van der Waals surface area contributed by atoms with E-state index in [0.717, 1.165) is 29.5 Å². The van der Waals surface area contributed by atoms with Crippen LogP contribution in [0.3, 0.4) is 0 Å². The van der Waals surface area contributed by atoms with E-state index in [1.807, 2.05) is 18.3 Å². The van der Waals surface area contributed by atoms with E-state index in [1.165, 1.54) is 35.4 Å². The highest BCUT2D eigenvalue weighted by Crippen LogP contribution is 2.34. The lowest BCUT2D eigenvalue weighted by atomic mass is 10.00. The van der Waals surface area contributed by atoms with Crippen LogP contribution in [0.2, 0.25) is 5.02 Å². The Morgan fingerprint density at radius 1 is 1.00 bits per heavy atom. The molecular weight excluding hydrogens is 614 g/mol. The minimum atomic E-state index is -0.724. The second-order valence-corrected chi connectivity index (χ2v) is 11.5. The van der Waals surface area contributed by atoms with Crippen molar-refractivity contribution in [2.24, 2.45) is 0 Å². The standard InChI is InChI=1S/C33H25ClF2N8O2/c34-27-12-14-29(43-19-37-40-41-43)31(32(27)36)23-7-13-28(44(46)18-23)30(15-20-1-8-25(35)9-2-20)42-17-24(16-38-42)21-3-5-22(6-4-21)33(45)39-26-10-11-26/h1-9,12-14,16-19,26,30H,10-11,15H2,(H,39,45). The largest absolute Gasteiger partial charge is 0.618 e. The first kappa shape index (κ1) is 29.2. The van der Waals surface area contributed by atoms with Gasteiger partial charge in [0.05, 0.1) is 28.0 Å². The lowest BCUT2D eigenvalue weighted by Gasteiger charge is -2.18. The Kier molecular flexibility index (Phi) is 7.71. The zero-order valence-corrected chi connectivity index (χ0v) is 24.9. The SMILES string of the molecule is O=C(NC1CC1)c1ccc(-c2cnn(C(Cc3ccc(F)cc3)c3ccc(-c4c(-n5cnnn5)ccc(Cl)c4F)c[n+]3[O-])c2)cc1. The van der Waals surface area contributed by atoms with Gasteiger partial charge >= 0.3 is 0 Å². The minimum Gasteiger partial charge on any atom is -0.618 e. The number of amides is 1. The fraction of sp³-hybridized carbons (Fsp3) is 0.152. The molecule has 1 aliphatic carbocycles. The van der Waals surface area contributed by atoms with Gasteiger partial charge in [0.2, 0.25) is 5.69 Å². The number of hydrogen-bond acceptors (Lipinski definition) is 6. The first-order chi connectivity index (χ1) is 22.3. The van der Waals surface area contributed by atoms with Crippen LogP contribution in [0.25, 0.3) is 27.9 Å². The molecule has 1 unspecified atom stereocenters. The molecule has 6 aromatic rings. The molecular formula is C33H25ClF2N8O2. The van der Waals surface area contributed by atoms with Crippen molar-refractivity contribution in [3.05, 3.63) is 136 Å². The van der Waals surface area contributed by atoms with Crippen LogP contribution in [-0.2, 0) is 6.42 Å². The van der Waals surface area contributed by atoms with Crippen LogP contribution in [0.15, 0.2) is 97.7 Å². The summed E-state index contributed by atoms with van der Waals surface area (Å²) in [6.07, 6.45) is 8.40. The van der Waals surface area contributed by atoms with Gasteiger partial charge in [-0.25, -0.2) is 8.78 Å². The van der Waals surface area contributed by atoms with Gasteiger partial charge < -0.3 is 10.5 Å². The van der Waals surface area contributed by atoms with Gasteiger partial charge in [-0.3, -0.25) is 9.48 Å². The molecule has 13 heteroatoms. The van der Waals surface area contributed by atoms with Crippen molar-refractivity contribution in [1.29, 1.82) is 0 Å². The number of hydrogen-bond donors (Lipinski definition) is 1. The molecule has 0 spiro atoms. The molecule has 1 N–H and O–H groups in total. The molecule has 1 atom stereocenters. The van der Waals surface area contributed by atoms with E-state index in [9.17, 15) is 14.4 Å². The third-order valence-electron chi connectivity index (χ3n) is 7.90. The van der Waals surface area contributed by atoms with Crippen molar-refractivity contribution in [2.75, 3.05) is 0 Å². The van der Waals surface area contributed by atoms with Gasteiger partial charge in [0, 0.05) is 35.9 Å². The molecule has 10 nitrogen and oxygen atoms in total. The smallest absolute Gasteiger partial charge is 0.251 e. The number of benzene rings is 3. The van der Waals surface area contributed by atoms with Crippen LogP contribution < -0.4 is 10.0 Å². The molecule has 3 aromatic heterocycles. The number of carbonyl (C=O) groups is 1. The average molecular weight is 639 g/mol. The Hall–Kier alpha value is -5.49. The molecule has 1 saturated carbocycles. The van der Waals surface area contributed by atoms with Gasteiger partial charge in [-0.05, 0) is 76.9 Å². The molecule has 0 aliphatic heterocycles. The number of rotatable bonds is 9. The van der Waals surface area contributed by atoms with Gasteiger partial charge in [0.15, 0.2) is 12.0 Å². The monoisotopic (exact) mass is 638 g/mol. The van der Waals surface area contributed by atoms with Crippen molar-refractivity contribution >= 4 is 17.5 Å². The van der Waals surface area contributed by atoms with Gasteiger partial charge in [0.1, 0.15) is 18.2 Å². The number of nitrogens with zero attached hydrogens (tertiary/aromatic N) is 7. The minimum absolute atomic E-state index is 0.0571. The molecule has 0 bridgehead atoms. The number of carbonyl (C=O) groups excluding carboxylic acids is 1. The fourth-order valence-electron chi connectivity index (χ4n) is 5.32. The summed E-state index contributed by atoms with van der Waals surface area (Å²) in [6.45, 7) is 0. The number of nitrogens with one attached hydrogen (secondary N) is 1. The molecule has 3 aromatic carbocycles. The summed E-state index contributed by atoms with van der Waals surface area (Å²) >= 11 is 6.12. The quantitative estimate of drug-likeness (QED) is 0.166. The van der Waals surface area contributed by atoms with E-state index in [4.69, 9.17) is 11.6 Å². The lowest BCUT2D eigenvalue weighted by molar-refractivity contribution is -0.615. The molecule has 1 aliphatic rings. The predicted octanol–water partition coefficient (Wildman–Crippen LogP) is 5.48. The van der Waals surface area contributed by atoms with Crippen LogP contribution in [0.1, 0.15) is 40.5 Å². The molecule has 46 heavy (non-hydrogen) atoms. The second kappa shape index (κ2) is 12.1. The Labute approximate surface area is 266 Å². The molecule has 0 saturated heterocycles. The van der Waals surface area contributed by atoms with Gasteiger partial charge in [-0.1, -0.05) is 35.9 Å². The zero-order valence-electron chi connectivity index (χ0n) is 24.1. The van der Waals surface area contributed by atoms with E-state index in [0.29, 0.717) is 28.1 Å². The topological polar surface area (TPSA) is 117 Å². The van der Waals surface area contributed by atoms with Crippen molar-refractivity contribution in [3.8, 4) is 27.9 Å². The van der Waals surface area contributed by atoms with Crippen LogP contribution in [0.4, 0.5) is 8.78 Å². The van der Waals surface area contributed by atoms with Gasteiger partial charge in [-0.2, -0.15) is 14.5 Å². The Morgan fingerprint density at radius 2 is 1.76 bits per heavy atom. The summed E-state index contributed by atoms with van der Waals surface area (Å²) in [4.78, 5) is 12.4. The molecule has 0 radical (unpaired) electrons. The predicted molar refractivity (Wildman–Crippen MR) is 165 cm³/mol. The van der Waals surface area contributed by atoms with Gasteiger partial charge in [0.25, 0.3) is 5.91 Å².